The summed E-state index contributed by atoms with van der Waals surface area (Å²) in [5.41, 5.74) is 1.95. The Morgan fingerprint density at radius 2 is 1.88 bits per heavy atom. The lowest BCUT2D eigenvalue weighted by Crippen LogP contribution is -2.08. The molecule has 0 heterocycles. The molecule has 0 saturated carbocycles. The van der Waals surface area contributed by atoms with Crippen LogP contribution in [0.25, 0.3) is 0 Å². The molecule has 1 N–H and O–H groups in total. The van der Waals surface area contributed by atoms with Crippen LogP contribution in [0.15, 0.2) is 12.1 Å². The highest BCUT2D eigenvalue weighted by Crippen LogP contribution is 2.38. The van der Waals surface area contributed by atoms with E-state index >= 15 is 0 Å². The summed E-state index contributed by atoms with van der Waals surface area (Å²) in [7, 11) is 4.84. The van der Waals surface area contributed by atoms with Gasteiger partial charge < -0.3 is 19.3 Å². The summed E-state index contributed by atoms with van der Waals surface area (Å²) in [5, 5.41) is 9.33. The van der Waals surface area contributed by atoms with Crippen molar-refractivity contribution in [2.24, 2.45) is 0 Å². The summed E-state index contributed by atoms with van der Waals surface area (Å²) in [6, 6.07) is 3.78. The molecule has 1 unspecified atom stereocenters. The SMILES string of the molecule is COCc1ccc(OC)c(OC)c1C(C)CO. The normalized spacial score (nSPS) is 12.3. The van der Waals surface area contributed by atoms with E-state index in [-0.39, 0.29) is 12.5 Å². The first kappa shape index (κ1) is 13.8. The lowest BCUT2D eigenvalue weighted by molar-refractivity contribution is 0.182. The maximum atomic E-state index is 9.33. The van der Waals surface area contributed by atoms with Crippen LogP contribution in [0, 0.1) is 0 Å². The summed E-state index contributed by atoms with van der Waals surface area (Å²) >= 11 is 0. The van der Waals surface area contributed by atoms with Gasteiger partial charge in [-0.05, 0) is 11.6 Å². The zero-order chi connectivity index (χ0) is 12.8. The minimum atomic E-state index is -0.0230. The molecule has 0 amide bonds. The predicted molar refractivity (Wildman–Crippen MR) is 65.8 cm³/mol. The van der Waals surface area contributed by atoms with Crippen LogP contribution in [0.3, 0.4) is 0 Å². The van der Waals surface area contributed by atoms with Crippen LogP contribution in [0.4, 0.5) is 0 Å². The molecule has 1 atom stereocenters. The number of hydrogen-bond acceptors (Lipinski definition) is 4. The number of aliphatic hydroxyl groups is 1. The Kier molecular flexibility index (Phi) is 5.25. The van der Waals surface area contributed by atoms with Gasteiger partial charge in [-0.3, -0.25) is 0 Å². The summed E-state index contributed by atoms with van der Waals surface area (Å²) in [4.78, 5) is 0. The van der Waals surface area contributed by atoms with E-state index in [1.807, 2.05) is 19.1 Å². The quantitative estimate of drug-likeness (QED) is 0.825. The summed E-state index contributed by atoms with van der Waals surface area (Å²) in [5.74, 6) is 1.32. The zero-order valence-electron chi connectivity index (χ0n) is 10.8. The summed E-state index contributed by atoms with van der Waals surface area (Å²) in [6.45, 7) is 2.48. The van der Waals surface area contributed by atoms with E-state index in [1.54, 1.807) is 21.3 Å². The van der Waals surface area contributed by atoms with Gasteiger partial charge in [0.15, 0.2) is 11.5 Å². The van der Waals surface area contributed by atoms with Gasteiger partial charge in [-0.1, -0.05) is 13.0 Å². The largest absolute Gasteiger partial charge is 0.493 e. The highest BCUT2D eigenvalue weighted by molar-refractivity contribution is 5.52. The predicted octanol–water partition coefficient (Wildman–Crippen LogP) is 1.95. The molecule has 0 aliphatic carbocycles. The minimum absolute atomic E-state index is 0.0230. The lowest BCUT2D eigenvalue weighted by Gasteiger charge is -2.20. The van der Waals surface area contributed by atoms with Crippen molar-refractivity contribution >= 4 is 0 Å². The van der Waals surface area contributed by atoms with Crippen LogP contribution in [-0.2, 0) is 11.3 Å². The van der Waals surface area contributed by atoms with E-state index in [9.17, 15) is 5.11 Å². The summed E-state index contributed by atoms with van der Waals surface area (Å²) in [6.07, 6.45) is 0. The Morgan fingerprint density at radius 1 is 1.18 bits per heavy atom. The fourth-order valence-corrected chi connectivity index (χ4v) is 1.90. The van der Waals surface area contributed by atoms with Crippen molar-refractivity contribution in [3.8, 4) is 11.5 Å². The van der Waals surface area contributed by atoms with E-state index in [0.717, 1.165) is 11.1 Å². The van der Waals surface area contributed by atoms with Gasteiger partial charge in [-0.25, -0.2) is 0 Å². The number of benzene rings is 1. The fourth-order valence-electron chi connectivity index (χ4n) is 1.90. The van der Waals surface area contributed by atoms with Gasteiger partial charge in [-0.2, -0.15) is 0 Å². The second-order valence-electron chi connectivity index (χ2n) is 3.89. The van der Waals surface area contributed by atoms with Crippen molar-refractivity contribution < 1.29 is 19.3 Å². The van der Waals surface area contributed by atoms with E-state index in [2.05, 4.69) is 0 Å². The number of ether oxygens (including phenoxy) is 3. The van der Waals surface area contributed by atoms with Gasteiger partial charge in [0.2, 0.25) is 0 Å². The van der Waals surface area contributed by atoms with Crippen LogP contribution < -0.4 is 9.47 Å². The third-order valence-corrected chi connectivity index (χ3v) is 2.74. The van der Waals surface area contributed by atoms with Crippen LogP contribution in [-0.4, -0.2) is 33.0 Å². The summed E-state index contributed by atoms with van der Waals surface area (Å²) < 4.78 is 15.8. The van der Waals surface area contributed by atoms with Gasteiger partial charge in [0.05, 0.1) is 20.8 Å². The van der Waals surface area contributed by atoms with Crippen molar-refractivity contribution in [1.29, 1.82) is 0 Å². The minimum Gasteiger partial charge on any atom is -0.493 e. The molecule has 0 saturated heterocycles. The lowest BCUT2D eigenvalue weighted by atomic mass is 9.95. The molecule has 0 bridgehead atoms. The first-order chi connectivity index (χ1) is 8.19. The second-order valence-corrected chi connectivity index (χ2v) is 3.89. The first-order valence-electron chi connectivity index (χ1n) is 5.53. The Bertz CT molecular complexity index is 363. The van der Waals surface area contributed by atoms with Crippen LogP contribution >= 0.6 is 0 Å². The molecule has 0 aliphatic rings. The molecular weight excluding hydrogens is 220 g/mol. The van der Waals surface area contributed by atoms with Gasteiger partial charge in [0, 0.05) is 25.2 Å². The molecule has 0 aliphatic heterocycles. The van der Waals surface area contributed by atoms with Crippen LogP contribution in [0.1, 0.15) is 24.0 Å². The van der Waals surface area contributed by atoms with E-state index < -0.39 is 0 Å². The van der Waals surface area contributed by atoms with Crippen molar-refractivity contribution in [3.63, 3.8) is 0 Å². The Balaban J connectivity index is 3.33. The smallest absolute Gasteiger partial charge is 0.164 e. The van der Waals surface area contributed by atoms with Crippen LogP contribution in [0.2, 0.25) is 0 Å². The highest BCUT2D eigenvalue weighted by Gasteiger charge is 2.19. The Hall–Kier alpha value is -1.26. The first-order valence-corrected chi connectivity index (χ1v) is 5.53. The van der Waals surface area contributed by atoms with Crippen molar-refractivity contribution in [3.05, 3.63) is 23.3 Å². The molecule has 0 spiro atoms. The second kappa shape index (κ2) is 6.47. The third-order valence-electron chi connectivity index (χ3n) is 2.74. The molecule has 17 heavy (non-hydrogen) atoms. The van der Waals surface area contributed by atoms with Crippen molar-refractivity contribution in [2.45, 2.75) is 19.4 Å². The molecule has 1 aromatic carbocycles. The maximum absolute atomic E-state index is 9.33. The molecule has 0 fully saturated rings. The standard InChI is InChI=1S/C13H20O4/c1-9(7-14)12-10(8-15-2)5-6-11(16-3)13(12)17-4/h5-6,9,14H,7-8H2,1-4H3. The number of aliphatic hydroxyl groups excluding tert-OH is 1. The molecule has 1 rings (SSSR count). The monoisotopic (exact) mass is 240 g/mol. The number of methoxy groups -OCH3 is 3. The maximum Gasteiger partial charge on any atom is 0.164 e. The van der Waals surface area contributed by atoms with E-state index in [0.29, 0.717) is 18.1 Å². The average Bonchev–Trinajstić information content (AvgIpc) is 2.37. The third kappa shape index (κ3) is 2.90. The van der Waals surface area contributed by atoms with Crippen molar-refractivity contribution in [1.82, 2.24) is 0 Å². The molecule has 4 heteroatoms. The van der Waals surface area contributed by atoms with Gasteiger partial charge in [0.25, 0.3) is 0 Å². The van der Waals surface area contributed by atoms with E-state index in [1.165, 1.54) is 0 Å². The Labute approximate surface area is 102 Å². The topological polar surface area (TPSA) is 47.9 Å². The van der Waals surface area contributed by atoms with Gasteiger partial charge in [0.1, 0.15) is 0 Å². The molecule has 4 nitrogen and oxygen atoms in total. The van der Waals surface area contributed by atoms with E-state index in [4.69, 9.17) is 14.2 Å². The number of rotatable bonds is 6. The Morgan fingerprint density at radius 3 is 2.35 bits per heavy atom. The molecule has 1 aromatic rings. The number of hydrogen-bond donors (Lipinski definition) is 1. The van der Waals surface area contributed by atoms with Gasteiger partial charge in [-0.15, -0.1) is 0 Å². The van der Waals surface area contributed by atoms with Crippen LogP contribution in [0.5, 0.6) is 11.5 Å². The zero-order valence-corrected chi connectivity index (χ0v) is 10.8. The fraction of sp³-hybridized carbons (Fsp3) is 0.538. The average molecular weight is 240 g/mol. The molecule has 0 radical (unpaired) electrons. The van der Waals surface area contributed by atoms with Crippen molar-refractivity contribution in [2.75, 3.05) is 27.9 Å². The molecule has 96 valence electrons. The van der Waals surface area contributed by atoms with Gasteiger partial charge >= 0.3 is 0 Å². The highest BCUT2D eigenvalue weighted by atomic mass is 16.5. The molecular formula is C13H20O4. The molecule has 0 aromatic heterocycles.